The Labute approximate surface area is 117 Å². The summed E-state index contributed by atoms with van der Waals surface area (Å²) >= 11 is 6.07. The van der Waals surface area contributed by atoms with Crippen molar-refractivity contribution in [2.75, 3.05) is 14.2 Å². The minimum atomic E-state index is -0.748. The van der Waals surface area contributed by atoms with Crippen LogP contribution < -0.4 is 10.2 Å². The van der Waals surface area contributed by atoms with Gasteiger partial charge in [-0.25, -0.2) is 4.79 Å². The molecule has 104 valence electrons. The molecule has 1 aromatic rings. The van der Waals surface area contributed by atoms with Crippen molar-refractivity contribution in [1.82, 2.24) is 5.32 Å². The second-order valence-corrected chi connectivity index (χ2v) is 4.72. The van der Waals surface area contributed by atoms with Crippen LogP contribution in [0.3, 0.4) is 0 Å². The molecule has 0 bridgehead atoms. The molecule has 0 saturated heterocycles. The number of alkyl carbamates (subject to hydrolysis) is 1. The van der Waals surface area contributed by atoms with Crippen molar-refractivity contribution in [1.29, 1.82) is 0 Å². The van der Waals surface area contributed by atoms with Crippen LogP contribution in [0.4, 0.5) is 4.79 Å². The summed E-state index contributed by atoms with van der Waals surface area (Å²) in [6.45, 7) is 2.33. The first-order chi connectivity index (χ1) is 8.95. The van der Waals surface area contributed by atoms with E-state index in [1.54, 1.807) is 6.92 Å². The molecule has 2 atom stereocenters. The van der Waals surface area contributed by atoms with Crippen molar-refractivity contribution in [3.05, 3.63) is 34.9 Å². The van der Waals surface area contributed by atoms with Crippen molar-refractivity contribution in [3.63, 3.8) is 0 Å². The molecule has 0 radical (unpaired) electrons. The number of benzene rings is 1. The van der Waals surface area contributed by atoms with E-state index in [1.165, 1.54) is 7.11 Å². The predicted octanol–water partition coefficient (Wildman–Crippen LogP) is 0.626. The predicted molar refractivity (Wildman–Crippen MR) is 72.1 cm³/mol. The van der Waals surface area contributed by atoms with E-state index in [0.29, 0.717) is 11.6 Å². The fraction of sp³-hybridized carbons (Fsp3) is 0.385. The summed E-state index contributed by atoms with van der Waals surface area (Å²) in [6, 6.07) is 7.08. The highest BCUT2D eigenvalue weighted by Gasteiger charge is 2.24. The third-order valence-electron chi connectivity index (χ3n) is 2.97. The number of carbonyl (C=O) groups is 2. The molecule has 0 aliphatic carbocycles. The van der Waals surface area contributed by atoms with Gasteiger partial charge < -0.3 is 9.64 Å². The highest BCUT2D eigenvalue weighted by Crippen LogP contribution is 2.13. The lowest BCUT2D eigenvalue weighted by molar-refractivity contribution is -0.908. The molecule has 0 aliphatic rings. The van der Waals surface area contributed by atoms with Gasteiger partial charge in [-0.2, -0.15) is 0 Å². The molecule has 6 heteroatoms. The van der Waals surface area contributed by atoms with Gasteiger partial charge in [-0.15, -0.1) is 0 Å². The molecular weight excluding hydrogens is 268 g/mol. The minimum Gasteiger partial charge on any atom is -0.453 e. The van der Waals surface area contributed by atoms with E-state index in [0.717, 1.165) is 10.5 Å². The van der Waals surface area contributed by atoms with Crippen LogP contribution in [-0.2, 0) is 16.1 Å². The molecule has 0 aromatic heterocycles. The molecule has 0 saturated carbocycles. The maximum Gasteiger partial charge on any atom is 0.413 e. The Kier molecular flexibility index (Phi) is 5.79. The SMILES string of the molecule is COC(=O)NC(=O)[C@@H](C)[NH+](C)Cc1ccccc1Cl. The lowest BCUT2D eigenvalue weighted by Gasteiger charge is -2.20. The third kappa shape index (κ3) is 4.54. The van der Waals surface area contributed by atoms with Gasteiger partial charge in [0.2, 0.25) is 0 Å². The van der Waals surface area contributed by atoms with E-state index in [2.05, 4.69) is 10.1 Å². The summed E-state index contributed by atoms with van der Waals surface area (Å²) in [5, 5.41) is 2.83. The van der Waals surface area contributed by atoms with Crippen molar-refractivity contribution < 1.29 is 19.2 Å². The summed E-state index contributed by atoms with van der Waals surface area (Å²) in [4.78, 5) is 23.7. The molecule has 0 spiro atoms. The Morgan fingerprint density at radius 2 is 2.05 bits per heavy atom. The van der Waals surface area contributed by atoms with Crippen LogP contribution in [0, 0.1) is 0 Å². The van der Waals surface area contributed by atoms with Crippen LogP contribution in [0.15, 0.2) is 24.3 Å². The molecule has 0 fully saturated rings. The van der Waals surface area contributed by atoms with Gasteiger partial charge in [0.15, 0.2) is 6.04 Å². The molecule has 2 N–H and O–H groups in total. The average molecular weight is 286 g/mol. The van der Waals surface area contributed by atoms with Gasteiger partial charge in [-0.05, 0) is 13.0 Å². The van der Waals surface area contributed by atoms with Crippen LogP contribution in [-0.4, -0.2) is 32.2 Å². The normalized spacial score (nSPS) is 13.5. The van der Waals surface area contributed by atoms with E-state index in [4.69, 9.17) is 11.6 Å². The van der Waals surface area contributed by atoms with Crippen LogP contribution in [0.1, 0.15) is 12.5 Å². The standard InChI is InChI=1S/C13H17ClN2O3/c1-9(12(17)15-13(18)19-3)16(2)8-10-6-4-5-7-11(10)14/h4-7,9H,8H2,1-3H3,(H,15,17,18)/p+1/t9-/m1/s1. The molecule has 1 aromatic carbocycles. The van der Waals surface area contributed by atoms with E-state index >= 15 is 0 Å². The quantitative estimate of drug-likeness (QED) is 0.853. The Morgan fingerprint density at radius 3 is 2.63 bits per heavy atom. The smallest absolute Gasteiger partial charge is 0.413 e. The summed E-state index contributed by atoms with van der Waals surface area (Å²) in [7, 11) is 3.08. The zero-order valence-corrected chi connectivity index (χ0v) is 12.0. The number of halogens is 1. The van der Waals surface area contributed by atoms with Crippen molar-refractivity contribution in [2.24, 2.45) is 0 Å². The van der Waals surface area contributed by atoms with Crippen LogP contribution in [0.5, 0.6) is 0 Å². The molecule has 2 amide bonds. The van der Waals surface area contributed by atoms with Crippen molar-refractivity contribution >= 4 is 23.6 Å². The first-order valence-corrected chi connectivity index (χ1v) is 6.28. The second-order valence-electron chi connectivity index (χ2n) is 4.32. The number of nitrogens with one attached hydrogen (secondary N) is 2. The highest BCUT2D eigenvalue weighted by molar-refractivity contribution is 6.31. The van der Waals surface area contributed by atoms with Crippen molar-refractivity contribution in [2.45, 2.75) is 19.5 Å². The van der Waals surface area contributed by atoms with Crippen LogP contribution in [0.2, 0.25) is 5.02 Å². The number of hydrogen-bond donors (Lipinski definition) is 2. The van der Waals surface area contributed by atoms with Gasteiger partial charge in [0.25, 0.3) is 5.91 Å². The largest absolute Gasteiger partial charge is 0.453 e. The maximum atomic E-state index is 11.8. The third-order valence-corrected chi connectivity index (χ3v) is 3.34. The summed E-state index contributed by atoms with van der Waals surface area (Å²) in [5.41, 5.74) is 0.958. The number of rotatable bonds is 4. The van der Waals surface area contributed by atoms with Gasteiger partial charge in [-0.3, -0.25) is 10.1 Å². The zero-order chi connectivity index (χ0) is 14.4. The fourth-order valence-electron chi connectivity index (χ4n) is 1.58. The number of quaternary nitrogens is 1. The topological polar surface area (TPSA) is 59.8 Å². The van der Waals surface area contributed by atoms with Crippen LogP contribution in [0.25, 0.3) is 0 Å². The zero-order valence-electron chi connectivity index (χ0n) is 11.2. The van der Waals surface area contributed by atoms with Gasteiger partial charge in [0, 0.05) is 10.6 Å². The van der Waals surface area contributed by atoms with E-state index in [1.807, 2.05) is 31.3 Å². The summed E-state index contributed by atoms with van der Waals surface area (Å²) < 4.78 is 4.39. The van der Waals surface area contributed by atoms with E-state index in [9.17, 15) is 9.59 Å². The highest BCUT2D eigenvalue weighted by atomic mass is 35.5. The van der Waals surface area contributed by atoms with Gasteiger partial charge in [0.1, 0.15) is 6.54 Å². The maximum absolute atomic E-state index is 11.8. The number of likely N-dealkylation sites (N-methyl/N-ethyl adjacent to an activating group) is 1. The minimum absolute atomic E-state index is 0.378. The van der Waals surface area contributed by atoms with Gasteiger partial charge in [-0.1, -0.05) is 29.8 Å². The van der Waals surface area contributed by atoms with Crippen LogP contribution >= 0.6 is 11.6 Å². The molecule has 0 heterocycles. The van der Waals surface area contributed by atoms with E-state index < -0.39 is 12.1 Å². The Morgan fingerprint density at radius 1 is 1.42 bits per heavy atom. The molecule has 1 unspecified atom stereocenters. The second kappa shape index (κ2) is 7.11. The molecule has 5 nitrogen and oxygen atoms in total. The molecule has 0 aliphatic heterocycles. The first kappa shape index (κ1) is 15.5. The Balaban J connectivity index is 2.62. The first-order valence-electron chi connectivity index (χ1n) is 5.90. The monoisotopic (exact) mass is 285 g/mol. The lowest BCUT2D eigenvalue weighted by atomic mass is 10.2. The number of imide groups is 1. The number of ether oxygens (including phenoxy) is 1. The average Bonchev–Trinajstić information content (AvgIpc) is 2.40. The number of amides is 2. The fourth-order valence-corrected chi connectivity index (χ4v) is 1.78. The summed E-state index contributed by atoms with van der Waals surface area (Å²) in [6.07, 6.45) is -0.748. The number of methoxy groups -OCH3 is 1. The lowest BCUT2D eigenvalue weighted by Crippen LogP contribution is -3.12. The number of carbonyl (C=O) groups excluding carboxylic acids is 2. The molecule has 1 rings (SSSR count). The van der Waals surface area contributed by atoms with Gasteiger partial charge in [0.05, 0.1) is 14.2 Å². The Hall–Kier alpha value is -1.59. The van der Waals surface area contributed by atoms with E-state index in [-0.39, 0.29) is 5.91 Å². The Bertz CT molecular complexity index is 465. The molecule has 19 heavy (non-hydrogen) atoms. The number of hydrogen-bond acceptors (Lipinski definition) is 3. The van der Waals surface area contributed by atoms with Gasteiger partial charge >= 0.3 is 6.09 Å². The van der Waals surface area contributed by atoms with Crippen molar-refractivity contribution in [3.8, 4) is 0 Å². The summed E-state index contributed by atoms with van der Waals surface area (Å²) in [5.74, 6) is -0.378. The molecular formula is C13H18ClN2O3+.